The van der Waals surface area contributed by atoms with Gasteiger partial charge in [0.05, 0.1) is 0 Å². The number of anilines is 1. The van der Waals surface area contributed by atoms with E-state index in [1.165, 1.54) is 19.3 Å². The quantitative estimate of drug-likeness (QED) is 0.823. The Balaban J connectivity index is 2.04. The predicted octanol–water partition coefficient (Wildman–Crippen LogP) is 1.32. The van der Waals surface area contributed by atoms with Gasteiger partial charge in [0.25, 0.3) is 0 Å². The van der Waals surface area contributed by atoms with Gasteiger partial charge in [0.2, 0.25) is 11.9 Å². The summed E-state index contributed by atoms with van der Waals surface area (Å²) < 4.78 is 0. The van der Waals surface area contributed by atoms with E-state index in [1.807, 2.05) is 0 Å². The molecule has 1 aromatic rings. The number of carbonyl (C=O) groups excluding carboxylic acids is 1. The number of amides is 1. The molecule has 2 rings (SSSR count). The van der Waals surface area contributed by atoms with Crippen molar-refractivity contribution in [1.29, 1.82) is 0 Å². The number of hydrogen-bond acceptors (Lipinski definition) is 4. The van der Waals surface area contributed by atoms with E-state index in [1.54, 1.807) is 18.5 Å². The Bertz CT molecular complexity index is 362. The first-order valence-corrected chi connectivity index (χ1v) is 6.10. The molecule has 92 valence electrons. The monoisotopic (exact) mass is 234 g/mol. The van der Waals surface area contributed by atoms with Crippen LogP contribution >= 0.6 is 0 Å². The van der Waals surface area contributed by atoms with Crippen molar-refractivity contribution in [2.45, 2.75) is 38.1 Å². The lowest BCUT2D eigenvalue weighted by Gasteiger charge is -2.28. The molecule has 0 spiro atoms. The fourth-order valence-corrected chi connectivity index (χ4v) is 2.40. The number of rotatable bonds is 4. The van der Waals surface area contributed by atoms with Crippen LogP contribution < -0.4 is 11.1 Å². The van der Waals surface area contributed by atoms with E-state index in [0.29, 0.717) is 11.9 Å². The van der Waals surface area contributed by atoms with Gasteiger partial charge in [0, 0.05) is 12.4 Å². The number of hydrogen-bond donors (Lipinski definition) is 2. The van der Waals surface area contributed by atoms with Gasteiger partial charge in [-0.1, -0.05) is 19.3 Å². The molecular formula is C12H18N4O. The Kier molecular flexibility index (Phi) is 3.90. The molecule has 1 fully saturated rings. The van der Waals surface area contributed by atoms with Crippen molar-refractivity contribution in [2.24, 2.45) is 11.7 Å². The Morgan fingerprint density at radius 2 is 1.94 bits per heavy atom. The van der Waals surface area contributed by atoms with E-state index >= 15 is 0 Å². The van der Waals surface area contributed by atoms with Gasteiger partial charge < -0.3 is 11.1 Å². The van der Waals surface area contributed by atoms with Crippen molar-refractivity contribution < 1.29 is 4.79 Å². The third kappa shape index (κ3) is 3.15. The largest absolute Gasteiger partial charge is 0.368 e. The second-order valence-corrected chi connectivity index (χ2v) is 4.49. The zero-order valence-corrected chi connectivity index (χ0v) is 9.80. The van der Waals surface area contributed by atoms with Crippen LogP contribution in [0.4, 0.5) is 5.95 Å². The molecule has 1 aromatic heterocycles. The minimum atomic E-state index is -0.349. The lowest BCUT2D eigenvalue weighted by atomic mass is 9.83. The maximum Gasteiger partial charge on any atom is 0.240 e. The summed E-state index contributed by atoms with van der Waals surface area (Å²) in [5, 5.41) is 3.05. The molecule has 1 saturated carbocycles. The molecule has 5 nitrogen and oxygen atoms in total. The molecule has 1 amide bonds. The highest BCUT2D eigenvalue weighted by Crippen LogP contribution is 2.27. The maximum absolute atomic E-state index is 11.5. The molecule has 0 aromatic carbocycles. The molecule has 1 atom stereocenters. The fourth-order valence-electron chi connectivity index (χ4n) is 2.40. The van der Waals surface area contributed by atoms with Crippen LogP contribution in [0.1, 0.15) is 32.1 Å². The summed E-state index contributed by atoms with van der Waals surface area (Å²) in [6.45, 7) is 0. The fraction of sp³-hybridized carbons (Fsp3) is 0.583. The summed E-state index contributed by atoms with van der Waals surface area (Å²) >= 11 is 0. The summed E-state index contributed by atoms with van der Waals surface area (Å²) in [6, 6.07) is 1.39. The summed E-state index contributed by atoms with van der Waals surface area (Å²) in [4.78, 5) is 19.6. The zero-order chi connectivity index (χ0) is 12.1. The highest BCUT2D eigenvalue weighted by molar-refractivity contribution is 5.82. The minimum Gasteiger partial charge on any atom is -0.368 e. The zero-order valence-electron chi connectivity index (χ0n) is 9.80. The summed E-state index contributed by atoms with van der Waals surface area (Å²) in [7, 11) is 0. The van der Waals surface area contributed by atoms with E-state index in [2.05, 4.69) is 15.3 Å². The summed E-state index contributed by atoms with van der Waals surface area (Å²) in [6.07, 6.45) is 8.99. The van der Waals surface area contributed by atoms with E-state index in [4.69, 9.17) is 5.73 Å². The van der Waals surface area contributed by atoms with Gasteiger partial charge in [0.1, 0.15) is 6.04 Å². The maximum atomic E-state index is 11.5. The first-order chi connectivity index (χ1) is 8.27. The third-order valence-electron chi connectivity index (χ3n) is 3.28. The van der Waals surface area contributed by atoms with Crippen molar-refractivity contribution in [3.63, 3.8) is 0 Å². The minimum absolute atomic E-state index is 0.310. The van der Waals surface area contributed by atoms with Crippen LogP contribution in [0, 0.1) is 5.92 Å². The van der Waals surface area contributed by atoms with Gasteiger partial charge in [-0.2, -0.15) is 0 Å². The average Bonchev–Trinajstić information content (AvgIpc) is 2.38. The molecule has 5 heteroatoms. The highest BCUT2D eigenvalue weighted by Gasteiger charge is 2.28. The number of nitrogens with two attached hydrogens (primary N) is 1. The lowest BCUT2D eigenvalue weighted by molar-refractivity contribution is -0.120. The number of primary amides is 1. The molecule has 0 radical (unpaired) electrons. The molecule has 0 saturated heterocycles. The molecule has 0 bridgehead atoms. The van der Waals surface area contributed by atoms with Gasteiger partial charge in [0.15, 0.2) is 0 Å². The number of aromatic nitrogens is 2. The first kappa shape index (κ1) is 11.8. The topological polar surface area (TPSA) is 80.9 Å². The van der Waals surface area contributed by atoms with Crippen molar-refractivity contribution >= 4 is 11.9 Å². The molecule has 0 aliphatic heterocycles. The number of carbonyl (C=O) groups is 1. The van der Waals surface area contributed by atoms with Gasteiger partial charge in [-0.05, 0) is 24.8 Å². The second kappa shape index (κ2) is 5.61. The van der Waals surface area contributed by atoms with Gasteiger partial charge >= 0.3 is 0 Å². The molecule has 17 heavy (non-hydrogen) atoms. The standard InChI is InChI=1S/C12H18N4O/c13-11(17)10(9-5-2-1-3-6-9)16-12-14-7-4-8-15-12/h4,7-10H,1-3,5-6H2,(H2,13,17)(H,14,15,16). The van der Waals surface area contributed by atoms with E-state index in [9.17, 15) is 4.79 Å². The van der Waals surface area contributed by atoms with Crippen molar-refractivity contribution in [1.82, 2.24) is 9.97 Å². The van der Waals surface area contributed by atoms with Gasteiger partial charge in [-0.3, -0.25) is 4.79 Å². The van der Waals surface area contributed by atoms with Crippen LogP contribution in [0.15, 0.2) is 18.5 Å². The predicted molar refractivity (Wildman–Crippen MR) is 65.2 cm³/mol. The number of nitrogens with one attached hydrogen (secondary N) is 1. The molecular weight excluding hydrogens is 216 g/mol. The normalized spacial score (nSPS) is 18.6. The van der Waals surface area contributed by atoms with Crippen LogP contribution in [-0.4, -0.2) is 21.9 Å². The first-order valence-electron chi connectivity index (χ1n) is 6.10. The molecule has 1 heterocycles. The Hall–Kier alpha value is -1.65. The van der Waals surface area contributed by atoms with Crippen LogP contribution in [0.25, 0.3) is 0 Å². The third-order valence-corrected chi connectivity index (χ3v) is 3.28. The Morgan fingerprint density at radius 3 is 2.53 bits per heavy atom. The molecule has 1 aliphatic carbocycles. The van der Waals surface area contributed by atoms with Crippen LogP contribution in [0.5, 0.6) is 0 Å². The van der Waals surface area contributed by atoms with Crippen molar-refractivity contribution in [3.05, 3.63) is 18.5 Å². The molecule has 1 aliphatic rings. The van der Waals surface area contributed by atoms with Gasteiger partial charge in [-0.25, -0.2) is 9.97 Å². The Morgan fingerprint density at radius 1 is 1.29 bits per heavy atom. The summed E-state index contributed by atoms with van der Waals surface area (Å²) in [5.41, 5.74) is 5.46. The van der Waals surface area contributed by atoms with Crippen LogP contribution in [-0.2, 0) is 4.79 Å². The molecule has 1 unspecified atom stereocenters. The van der Waals surface area contributed by atoms with E-state index in [0.717, 1.165) is 12.8 Å². The van der Waals surface area contributed by atoms with Crippen LogP contribution in [0.3, 0.4) is 0 Å². The lowest BCUT2D eigenvalue weighted by Crippen LogP contribution is -2.42. The van der Waals surface area contributed by atoms with Crippen LogP contribution in [0.2, 0.25) is 0 Å². The van der Waals surface area contributed by atoms with E-state index < -0.39 is 0 Å². The Labute approximate surface area is 101 Å². The van der Waals surface area contributed by atoms with Crippen molar-refractivity contribution in [3.8, 4) is 0 Å². The van der Waals surface area contributed by atoms with Gasteiger partial charge in [-0.15, -0.1) is 0 Å². The summed E-state index contributed by atoms with van der Waals surface area (Å²) in [5.74, 6) is 0.469. The SMILES string of the molecule is NC(=O)C(Nc1ncccn1)C1CCCCC1. The highest BCUT2D eigenvalue weighted by atomic mass is 16.1. The smallest absolute Gasteiger partial charge is 0.240 e. The van der Waals surface area contributed by atoms with Crippen molar-refractivity contribution in [2.75, 3.05) is 5.32 Å². The number of nitrogens with zero attached hydrogens (tertiary/aromatic N) is 2. The molecule has 3 N–H and O–H groups in total. The average molecular weight is 234 g/mol. The van der Waals surface area contributed by atoms with E-state index in [-0.39, 0.29) is 11.9 Å². The second-order valence-electron chi connectivity index (χ2n) is 4.49.